The van der Waals surface area contributed by atoms with Gasteiger partial charge in [-0.15, -0.1) is 0 Å². The SMILES string of the molecule is Cc1ccccc1CN1C(=O)Nc2cc(Cl)cc(Cl)c2S1(=O)=O. The third-order valence-electron chi connectivity index (χ3n) is 3.60. The standard InChI is InChI=1S/C15H12Cl2N2O3S/c1-9-4-2-3-5-10(9)8-19-15(20)18-13-7-11(16)6-12(17)14(13)23(19,21)22/h2-7H,8H2,1H3,(H,18,20). The van der Waals surface area contributed by atoms with Gasteiger partial charge in [-0.2, -0.15) is 0 Å². The summed E-state index contributed by atoms with van der Waals surface area (Å²) >= 11 is 11.9. The van der Waals surface area contributed by atoms with E-state index in [0.29, 0.717) is 0 Å². The molecule has 0 radical (unpaired) electrons. The maximum atomic E-state index is 12.8. The second kappa shape index (κ2) is 5.70. The number of benzene rings is 2. The molecule has 2 amide bonds. The van der Waals surface area contributed by atoms with E-state index < -0.39 is 16.1 Å². The molecule has 0 saturated carbocycles. The molecule has 0 saturated heterocycles. The van der Waals surface area contributed by atoms with Crippen LogP contribution in [-0.4, -0.2) is 18.8 Å². The molecule has 23 heavy (non-hydrogen) atoms. The Bertz CT molecular complexity index is 913. The summed E-state index contributed by atoms with van der Waals surface area (Å²) in [6.45, 7) is 1.78. The van der Waals surface area contributed by atoms with Crippen molar-refractivity contribution in [2.75, 3.05) is 5.32 Å². The molecule has 5 nitrogen and oxygen atoms in total. The largest absolute Gasteiger partial charge is 0.336 e. The van der Waals surface area contributed by atoms with Gasteiger partial charge < -0.3 is 5.32 Å². The lowest BCUT2D eigenvalue weighted by atomic mass is 10.1. The highest BCUT2D eigenvalue weighted by Crippen LogP contribution is 2.38. The molecule has 120 valence electrons. The van der Waals surface area contributed by atoms with Crippen LogP contribution in [-0.2, 0) is 16.6 Å². The summed E-state index contributed by atoms with van der Waals surface area (Å²) in [7, 11) is -4.06. The van der Waals surface area contributed by atoms with Gasteiger partial charge in [0.1, 0.15) is 4.90 Å². The van der Waals surface area contributed by atoms with Crippen LogP contribution < -0.4 is 5.32 Å². The van der Waals surface area contributed by atoms with E-state index in [-0.39, 0.29) is 27.2 Å². The van der Waals surface area contributed by atoms with E-state index in [2.05, 4.69) is 5.32 Å². The van der Waals surface area contributed by atoms with Gasteiger partial charge in [0.2, 0.25) is 0 Å². The number of hydrogen-bond donors (Lipinski definition) is 1. The minimum absolute atomic E-state index is 0.0257. The second-order valence-corrected chi connectivity index (χ2v) is 7.78. The number of sulfonamides is 1. The van der Waals surface area contributed by atoms with Gasteiger partial charge in [-0.25, -0.2) is 17.5 Å². The van der Waals surface area contributed by atoms with E-state index >= 15 is 0 Å². The molecule has 2 aromatic rings. The summed E-state index contributed by atoms with van der Waals surface area (Å²) in [6.07, 6.45) is 0. The number of nitrogens with zero attached hydrogens (tertiary/aromatic N) is 1. The highest BCUT2D eigenvalue weighted by atomic mass is 35.5. The van der Waals surface area contributed by atoms with E-state index in [4.69, 9.17) is 23.2 Å². The number of halogens is 2. The van der Waals surface area contributed by atoms with Crippen molar-refractivity contribution in [2.45, 2.75) is 18.4 Å². The smallest absolute Gasteiger partial charge is 0.306 e. The van der Waals surface area contributed by atoms with Gasteiger partial charge in [-0.3, -0.25) is 0 Å². The topological polar surface area (TPSA) is 66.5 Å². The maximum Gasteiger partial charge on any atom is 0.336 e. The van der Waals surface area contributed by atoms with Crippen LogP contribution in [0.15, 0.2) is 41.3 Å². The van der Waals surface area contributed by atoms with E-state index in [1.807, 2.05) is 19.1 Å². The zero-order valence-electron chi connectivity index (χ0n) is 12.0. The van der Waals surface area contributed by atoms with E-state index in [1.54, 1.807) is 12.1 Å². The quantitative estimate of drug-likeness (QED) is 0.867. The lowest BCUT2D eigenvalue weighted by Crippen LogP contribution is -2.43. The first kappa shape index (κ1) is 16.1. The van der Waals surface area contributed by atoms with Gasteiger partial charge in [0.15, 0.2) is 0 Å². The fourth-order valence-electron chi connectivity index (χ4n) is 2.41. The summed E-state index contributed by atoms with van der Waals surface area (Å²) in [5.41, 5.74) is 1.72. The summed E-state index contributed by atoms with van der Waals surface area (Å²) in [5, 5.41) is 2.75. The molecule has 1 N–H and O–H groups in total. The van der Waals surface area contributed by atoms with Crippen LogP contribution in [0.5, 0.6) is 0 Å². The molecule has 1 aliphatic rings. The van der Waals surface area contributed by atoms with E-state index in [0.717, 1.165) is 15.4 Å². The lowest BCUT2D eigenvalue weighted by molar-refractivity contribution is 0.233. The number of rotatable bonds is 2. The van der Waals surface area contributed by atoms with Gasteiger partial charge in [-0.1, -0.05) is 47.5 Å². The van der Waals surface area contributed by atoms with Crippen molar-refractivity contribution in [2.24, 2.45) is 0 Å². The first-order valence-corrected chi connectivity index (χ1v) is 8.87. The van der Waals surface area contributed by atoms with Crippen molar-refractivity contribution in [1.29, 1.82) is 0 Å². The number of carbonyl (C=O) groups is 1. The van der Waals surface area contributed by atoms with Crippen LogP contribution in [0, 0.1) is 6.92 Å². The minimum atomic E-state index is -4.06. The number of carbonyl (C=O) groups excluding carboxylic acids is 1. The molecular formula is C15H12Cl2N2O3S. The summed E-state index contributed by atoms with van der Waals surface area (Å²) in [6, 6.07) is 9.22. The Labute approximate surface area is 143 Å². The molecule has 2 aromatic carbocycles. The van der Waals surface area contributed by atoms with Gasteiger partial charge in [0, 0.05) is 5.02 Å². The second-order valence-electron chi connectivity index (χ2n) is 5.13. The third-order valence-corrected chi connectivity index (χ3v) is 6.06. The Balaban J connectivity index is 2.10. The fourth-order valence-corrected chi connectivity index (χ4v) is 4.68. The molecule has 0 aromatic heterocycles. The maximum absolute atomic E-state index is 12.8. The molecule has 0 atom stereocenters. The molecule has 0 spiro atoms. The van der Waals surface area contributed by atoms with Crippen LogP contribution in [0.3, 0.4) is 0 Å². The predicted molar refractivity (Wildman–Crippen MR) is 89.4 cm³/mol. The first-order chi connectivity index (χ1) is 10.8. The van der Waals surface area contributed by atoms with Crippen molar-refractivity contribution < 1.29 is 13.2 Å². The van der Waals surface area contributed by atoms with Crippen LogP contribution >= 0.6 is 23.2 Å². The number of anilines is 1. The normalized spacial score (nSPS) is 16.0. The molecule has 8 heteroatoms. The fraction of sp³-hybridized carbons (Fsp3) is 0.133. The number of nitrogens with one attached hydrogen (secondary N) is 1. The zero-order chi connectivity index (χ0) is 16.8. The van der Waals surface area contributed by atoms with Crippen LogP contribution in [0.1, 0.15) is 11.1 Å². The number of urea groups is 1. The predicted octanol–water partition coefficient (Wildman–Crippen LogP) is 4.04. The van der Waals surface area contributed by atoms with Gasteiger partial charge >= 0.3 is 6.03 Å². The van der Waals surface area contributed by atoms with Crippen LogP contribution in [0.25, 0.3) is 0 Å². The molecule has 0 bridgehead atoms. The van der Waals surface area contributed by atoms with Crippen molar-refractivity contribution in [1.82, 2.24) is 4.31 Å². The first-order valence-electron chi connectivity index (χ1n) is 6.68. The Morgan fingerprint density at radius 2 is 1.87 bits per heavy atom. The van der Waals surface area contributed by atoms with E-state index in [1.165, 1.54) is 12.1 Å². The third kappa shape index (κ3) is 2.78. The Morgan fingerprint density at radius 1 is 1.17 bits per heavy atom. The monoisotopic (exact) mass is 370 g/mol. The van der Waals surface area contributed by atoms with Crippen LogP contribution in [0.2, 0.25) is 10.0 Å². The van der Waals surface area contributed by atoms with Gasteiger partial charge in [-0.05, 0) is 30.2 Å². The van der Waals surface area contributed by atoms with Gasteiger partial charge in [0.05, 0.1) is 17.3 Å². The molecule has 1 heterocycles. The van der Waals surface area contributed by atoms with Crippen molar-refractivity contribution >= 4 is 44.9 Å². The zero-order valence-corrected chi connectivity index (χ0v) is 14.3. The Hall–Kier alpha value is -1.76. The lowest BCUT2D eigenvalue weighted by Gasteiger charge is -2.29. The number of hydrogen-bond acceptors (Lipinski definition) is 3. The summed E-state index contributed by atoms with van der Waals surface area (Å²) in [5.74, 6) is 0. The molecule has 0 unspecified atom stereocenters. The van der Waals surface area contributed by atoms with Crippen LogP contribution in [0.4, 0.5) is 10.5 Å². The van der Waals surface area contributed by atoms with Gasteiger partial charge in [0.25, 0.3) is 10.0 Å². The average molecular weight is 371 g/mol. The summed E-state index contributed by atoms with van der Waals surface area (Å²) in [4.78, 5) is 12.1. The molecule has 0 fully saturated rings. The Kier molecular flexibility index (Phi) is 4.00. The molecule has 0 aliphatic carbocycles. The molecule has 3 rings (SSSR count). The van der Waals surface area contributed by atoms with Crippen molar-refractivity contribution in [3.63, 3.8) is 0 Å². The van der Waals surface area contributed by atoms with E-state index in [9.17, 15) is 13.2 Å². The van der Waals surface area contributed by atoms with Crippen molar-refractivity contribution in [3.8, 4) is 0 Å². The average Bonchev–Trinajstić information content (AvgIpc) is 2.43. The minimum Gasteiger partial charge on any atom is -0.306 e. The highest BCUT2D eigenvalue weighted by molar-refractivity contribution is 7.90. The summed E-state index contributed by atoms with van der Waals surface area (Å²) < 4.78 is 26.4. The molecular weight excluding hydrogens is 359 g/mol. The van der Waals surface area contributed by atoms with Crippen molar-refractivity contribution in [3.05, 3.63) is 57.6 Å². The Morgan fingerprint density at radius 3 is 2.57 bits per heavy atom. The number of fused-ring (bicyclic) bond motifs is 1. The number of amides is 2. The molecule has 1 aliphatic heterocycles. The number of aryl methyl sites for hydroxylation is 1. The highest BCUT2D eigenvalue weighted by Gasteiger charge is 2.38.